The first-order valence-electron chi connectivity index (χ1n) is 13.7. The lowest BCUT2D eigenvalue weighted by Gasteiger charge is -2.42. The molecule has 1 saturated carbocycles. The maximum Gasteiger partial charge on any atom is 0.0715 e. The Bertz CT molecular complexity index is 2030. The molecule has 39 heavy (non-hydrogen) atoms. The van der Waals surface area contributed by atoms with E-state index >= 15 is 0 Å². The van der Waals surface area contributed by atoms with E-state index in [1.54, 1.807) is 0 Å². The van der Waals surface area contributed by atoms with Crippen LogP contribution in [0.4, 0.5) is 5.69 Å². The first kappa shape index (κ1) is 21.9. The van der Waals surface area contributed by atoms with Crippen LogP contribution in [0, 0.1) is 0 Å². The molecule has 184 valence electrons. The quantitative estimate of drug-likeness (QED) is 0.192. The molecule has 2 atom stereocenters. The highest BCUT2D eigenvalue weighted by Crippen LogP contribution is 2.61. The Balaban J connectivity index is 1.40. The van der Waals surface area contributed by atoms with Crippen molar-refractivity contribution in [1.82, 2.24) is 0 Å². The maximum atomic E-state index is 5.42. The average molecular weight is 563 g/mol. The summed E-state index contributed by atoms with van der Waals surface area (Å²) in [6, 6.07) is 40.6. The lowest BCUT2D eigenvalue weighted by atomic mass is 9.59. The van der Waals surface area contributed by atoms with Gasteiger partial charge in [0.05, 0.1) is 5.69 Å². The predicted molar refractivity (Wildman–Crippen MR) is 164 cm³/mol. The Labute approximate surface area is 236 Å². The molecule has 1 spiro atoms. The summed E-state index contributed by atoms with van der Waals surface area (Å²) < 4.78 is 1.13. The van der Waals surface area contributed by atoms with Crippen LogP contribution in [0.3, 0.4) is 0 Å². The van der Waals surface area contributed by atoms with Crippen molar-refractivity contribution < 1.29 is 0 Å². The lowest BCUT2D eigenvalue weighted by molar-refractivity contribution is 0.508. The largest absolute Gasteiger partial charge is 0.252 e. The van der Waals surface area contributed by atoms with Crippen LogP contribution in [0.25, 0.3) is 33.9 Å². The minimum Gasteiger partial charge on any atom is -0.252 e. The molecule has 0 amide bonds. The summed E-state index contributed by atoms with van der Waals surface area (Å²) in [7, 11) is 0. The van der Waals surface area contributed by atoms with Crippen LogP contribution in [0.1, 0.15) is 41.0 Å². The molecule has 2 heteroatoms. The van der Waals surface area contributed by atoms with E-state index in [9.17, 15) is 0 Å². The molecule has 0 N–H and O–H groups in total. The standard InChI is InChI=1S/C37H24BrN/c38-26-14-15-29-28-12-6-7-13-32(28)37(33(29)19-26)21-25(22-8-2-1-3-9-22)18-35-36(37)31-20-30-24(17-34(31)39-35)16-23-10-4-5-11-27(23)30/h1-17,19-20,25H,18,21H2. The van der Waals surface area contributed by atoms with E-state index in [0.717, 1.165) is 23.0 Å². The third kappa shape index (κ3) is 2.88. The molecule has 1 nitrogen and oxygen atoms in total. The number of hydrogen-bond donors (Lipinski definition) is 0. The molecule has 4 aliphatic rings. The third-order valence-electron chi connectivity index (χ3n) is 9.35. The average Bonchev–Trinajstić information content (AvgIpc) is 3.60. The normalized spacial score (nSPS) is 20.9. The molecule has 0 radical (unpaired) electrons. The van der Waals surface area contributed by atoms with E-state index in [-0.39, 0.29) is 5.41 Å². The molecular weight excluding hydrogens is 538 g/mol. The van der Waals surface area contributed by atoms with E-state index in [1.165, 1.54) is 66.2 Å². The predicted octanol–water partition coefficient (Wildman–Crippen LogP) is 8.04. The van der Waals surface area contributed by atoms with E-state index in [0.29, 0.717) is 5.92 Å². The second kappa shape index (κ2) is 7.77. The summed E-state index contributed by atoms with van der Waals surface area (Å²) in [6.45, 7) is 0. The van der Waals surface area contributed by atoms with E-state index in [4.69, 9.17) is 4.99 Å². The molecular formula is C37H24BrN. The molecule has 1 aliphatic heterocycles. The van der Waals surface area contributed by atoms with Gasteiger partial charge in [0.25, 0.3) is 0 Å². The van der Waals surface area contributed by atoms with Gasteiger partial charge in [0.15, 0.2) is 0 Å². The molecule has 1 heterocycles. The Hall–Kier alpha value is -4.01. The SMILES string of the molecule is Brc1ccc2c(c1)C1(CC(c3ccccc3)CC3=Nc4cc5c(cc4=C31)-c1ccccc1C=5)c1ccccc1-2. The van der Waals surface area contributed by atoms with E-state index in [2.05, 4.69) is 131 Å². The molecule has 3 aliphatic carbocycles. The van der Waals surface area contributed by atoms with Crippen molar-refractivity contribution in [2.45, 2.75) is 24.2 Å². The molecule has 5 aromatic carbocycles. The fourth-order valence-electron chi connectivity index (χ4n) is 7.83. The number of rotatable bonds is 1. The zero-order valence-corrected chi connectivity index (χ0v) is 22.9. The molecule has 9 rings (SSSR count). The van der Waals surface area contributed by atoms with Gasteiger partial charge < -0.3 is 0 Å². The number of fused-ring (bicyclic) bond motifs is 11. The van der Waals surface area contributed by atoms with Gasteiger partial charge in [-0.3, -0.25) is 4.99 Å². The zero-order chi connectivity index (χ0) is 25.7. The van der Waals surface area contributed by atoms with Crippen LogP contribution in [-0.2, 0) is 5.41 Å². The molecule has 1 fully saturated rings. The van der Waals surface area contributed by atoms with Crippen molar-refractivity contribution in [1.29, 1.82) is 0 Å². The van der Waals surface area contributed by atoms with Gasteiger partial charge in [-0.1, -0.05) is 101 Å². The first-order valence-corrected chi connectivity index (χ1v) is 14.5. The van der Waals surface area contributed by atoms with Gasteiger partial charge >= 0.3 is 0 Å². The molecule has 0 saturated heterocycles. The van der Waals surface area contributed by atoms with Crippen molar-refractivity contribution in [3.63, 3.8) is 0 Å². The Morgan fingerprint density at radius 3 is 2.36 bits per heavy atom. The van der Waals surface area contributed by atoms with Gasteiger partial charge in [-0.25, -0.2) is 0 Å². The van der Waals surface area contributed by atoms with E-state index in [1.807, 2.05) is 0 Å². The monoisotopic (exact) mass is 561 g/mol. The minimum atomic E-state index is -0.255. The molecule has 0 aromatic heterocycles. The number of benzene rings is 5. The van der Waals surface area contributed by atoms with Crippen LogP contribution in [-0.4, -0.2) is 5.71 Å². The summed E-state index contributed by atoms with van der Waals surface area (Å²) in [6.07, 6.45) is 4.31. The molecule has 5 aromatic rings. The van der Waals surface area contributed by atoms with Gasteiger partial charge in [-0.15, -0.1) is 0 Å². The first-order chi connectivity index (χ1) is 19.2. The molecule has 0 bridgehead atoms. The smallest absolute Gasteiger partial charge is 0.0715 e. The van der Waals surface area contributed by atoms with Gasteiger partial charge in [-0.2, -0.15) is 0 Å². The summed E-state index contributed by atoms with van der Waals surface area (Å²) >= 11 is 3.84. The van der Waals surface area contributed by atoms with Crippen LogP contribution >= 0.6 is 15.9 Å². The van der Waals surface area contributed by atoms with Crippen molar-refractivity contribution in [2.75, 3.05) is 0 Å². The fourth-order valence-corrected chi connectivity index (χ4v) is 8.19. The van der Waals surface area contributed by atoms with Crippen LogP contribution in [0.2, 0.25) is 0 Å². The van der Waals surface area contributed by atoms with Crippen LogP contribution < -0.4 is 10.4 Å². The number of hydrogen-bond acceptors (Lipinski definition) is 1. The highest BCUT2D eigenvalue weighted by atomic mass is 79.9. The summed E-state index contributed by atoms with van der Waals surface area (Å²) in [5, 5.41) is 2.59. The zero-order valence-electron chi connectivity index (χ0n) is 21.3. The van der Waals surface area contributed by atoms with Crippen molar-refractivity contribution in [3.05, 3.63) is 146 Å². The van der Waals surface area contributed by atoms with Crippen molar-refractivity contribution in [2.24, 2.45) is 4.99 Å². The fraction of sp³-hybridized carbons (Fsp3) is 0.108. The third-order valence-corrected chi connectivity index (χ3v) is 9.84. The van der Waals surface area contributed by atoms with Gasteiger partial charge in [0.2, 0.25) is 0 Å². The van der Waals surface area contributed by atoms with Crippen LogP contribution in [0.15, 0.2) is 119 Å². The number of nitrogens with zero attached hydrogens (tertiary/aromatic N) is 1. The van der Waals surface area contributed by atoms with E-state index < -0.39 is 0 Å². The van der Waals surface area contributed by atoms with Crippen molar-refractivity contribution >= 4 is 39.0 Å². The lowest BCUT2D eigenvalue weighted by Crippen LogP contribution is -2.40. The Kier molecular flexibility index (Phi) is 4.36. The summed E-state index contributed by atoms with van der Waals surface area (Å²) in [5.74, 6) is 0.389. The second-order valence-electron chi connectivity index (χ2n) is 11.3. The Morgan fingerprint density at radius 2 is 1.46 bits per heavy atom. The highest BCUT2D eigenvalue weighted by Gasteiger charge is 2.52. The minimum absolute atomic E-state index is 0.255. The number of halogens is 1. The van der Waals surface area contributed by atoms with Crippen LogP contribution in [0.5, 0.6) is 0 Å². The van der Waals surface area contributed by atoms with Gasteiger partial charge in [0, 0.05) is 20.8 Å². The summed E-state index contributed by atoms with van der Waals surface area (Å²) in [4.78, 5) is 5.42. The van der Waals surface area contributed by atoms with Gasteiger partial charge in [-0.05, 0) is 104 Å². The van der Waals surface area contributed by atoms with Crippen molar-refractivity contribution in [3.8, 4) is 22.3 Å². The summed E-state index contributed by atoms with van der Waals surface area (Å²) in [5.41, 5.74) is 14.4. The number of aliphatic imine (C=N–C) groups is 1. The molecule has 2 unspecified atom stereocenters. The maximum absolute atomic E-state index is 5.42. The Morgan fingerprint density at radius 1 is 0.692 bits per heavy atom. The topological polar surface area (TPSA) is 12.4 Å². The van der Waals surface area contributed by atoms with Gasteiger partial charge in [0.1, 0.15) is 0 Å². The second-order valence-corrected chi connectivity index (χ2v) is 12.2. The highest BCUT2D eigenvalue weighted by molar-refractivity contribution is 9.10.